The average Bonchev–Trinajstić information content (AvgIpc) is 2.40. The van der Waals surface area contributed by atoms with Crippen molar-refractivity contribution in [1.82, 2.24) is 9.97 Å². The van der Waals surface area contributed by atoms with E-state index in [0.717, 1.165) is 17.8 Å². The molecule has 1 atom stereocenters. The van der Waals surface area contributed by atoms with Crippen LogP contribution in [0.15, 0.2) is 30.3 Å². The van der Waals surface area contributed by atoms with Crippen LogP contribution in [0.1, 0.15) is 26.0 Å². The van der Waals surface area contributed by atoms with Crippen molar-refractivity contribution in [2.24, 2.45) is 0 Å². The average molecular weight is 274 g/mol. The number of halogens is 1. The second kappa shape index (κ2) is 6.32. The molecule has 20 heavy (non-hydrogen) atoms. The first kappa shape index (κ1) is 14.2. The molecule has 0 amide bonds. The topological polar surface area (TPSA) is 49.8 Å². The van der Waals surface area contributed by atoms with Crippen LogP contribution in [0.5, 0.6) is 0 Å². The molecule has 106 valence electrons. The molecule has 0 fully saturated rings. The molecule has 0 aliphatic heterocycles. The van der Waals surface area contributed by atoms with Gasteiger partial charge in [-0.25, -0.2) is 9.37 Å². The lowest BCUT2D eigenvalue weighted by atomic mass is 10.3. The lowest BCUT2D eigenvalue weighted by Gasteiger charge is -2.13. The van der Waals surface area contributed by atoms with Gasteiger partial charge in [0.05, 0.1) is 0 Å². The summed E-state index contributed by atoms with van der Waals surface area (Å²) >= 11 is 0. The van der Waals surface area contributed by atoms with E-state index in [1.165, 1.54) is 12.1 Å². The summed E-state index contributed by atoms with van der Waals surface area (Å²) in [6.07, 6.45) is 0.998. The fourth-order valence-corrected chi connectivity index (χ4v) is 1.70. The highest BCUT2D eigenvalue weighted by atomic mass is 19.1. The lowest BCUT2D eigenvalue weighted by molar-refractivity contribution is 0.628. The predicted molar refractivity (Wildman–Crippen MR) is 79.8 cm³/mol. The third-order valence-electron chi connectivity index (χ3n) is 2.96. The summed E-state index contributed by atoms with van der Waals surface area (Å²) in [7, 11) is 0. The van der Waals surface area contributed by atoms with E-state index in [4.69, 9.17) is 0 Å². The number of aromatic nitrogens is 2. The first-order valence-electron chi connectivity index (χ1n) is 6.71. The summed E-state index contributed by atoms with van der Waals surface area (Å²) in [6.45, 7) is 6.10. The maximum atomic E-state index is 12.9. The van der Waals surface area contributed by atoms with E-state index in [1.807, 2.05) is 13.0 Å². The zero-order valence-corrected chi connectivity index (χ0v) is 11.9. The van der Waals surface area contributed by atoms with Crippen LogP contribution in [0, 0.1) is 12.7 Å². The maximum Gasteiger partial charge on any atom is 0.225 e. The summed E-state index contributed by atoms with van der Waals surface area (Å²) in [4.78, 5) is 8.77. The summed E-state index contributed by atoms with van der Waals surface area (Å²) in [5, 5.41) is 6.39. The molecule has 0 spiro atoms. The molecular formula is C15H19FN4. The fourth-order valence-electron chi connectivity index (χ4n) is 1.70. The Morgan fingerprint density at radius 1 is 1.20 bits per heavy atom. The highest BCUT2D eigenvalue weighted by molar-refractivity contribution is 5.57. The molecule has 2 N–H and O–H groups in total. The van der Waals surface area contributed by atoms with Gasteiger partial charge >= 0.3 is 0 Å². The largest absolute Gasteiger partial charge is 0.352 e. The van der Waals surface area contributed by atoms with E-state index in [2.05, 4.69) is 34.4 Å². The Balaban J connectivity index is 2.17. The van der Waals surface area contributed by atoms with Crippen molar-refractivity contribution >= 4 is 17.5 Å². The Kier molecular flexibility index (Phi) is 4.50. The van der Waals surface area contributed by atoms with Crippen LogP contribution >= 0.6 is 0 Å². The van der Waals surface area contributed by atoms with Gasteiger partial charge in [0.2, 0.25) is 5.95 Å². The second-order valence-electron chi connectivity index (χ2n) is 4.80. The van der Waals surface area contributed by atoms with E-state index < -0.39 is 0 Å². The zero-order chi connectivity index (χ0) is 14.5. The minimum Gasteiger partial charge on any atom is -0.352 e. The molecule has 0 aliphatic rings. The first-order chi connectivity index (χ1) is 9.56. The molecular weight excluding hydrogens is 255 g/mol. The van der Waals surface area contributed by atoms with Gasteiger partial charge in [0.25, 0.3) is 0 Å². The van der Waals surface area contributed by atoms with Gasteiger partial charge in [-0.2, -0.15) is 4.98 Å². The van der Waals surface area contributed by atoms with E-state index in [9.17, 15) is 4.39 Å². The van der Waals surface area contributed by atoms with Crippen LogP contribution in [0.3, 0.4) is 0 Å². The predicted octanol–water partition coefficient (Wildman–Crippen LogP) is 3.88. The monoisotopic (exact) mass is 274 g/mol. The van der Waals surface area contributed by atoms with Crippen molar-refractivity contribution in [1.29, 1.82) is 0 Å². The van der Waals surface area contributed by atoms with Gasteiger partial charge in [-0.3, -0.25) is 0 Å². The molecule has 0 saturated heterocycles. The quantitative estimate of drug-likeness (QED) is 0.868. The van der Waals surface area contributed by atoms with E-state index in [0.29, 0.717) is 17.8 Å². The van der Waals surface area contributed by atoms with Crippen molar-refractivity contribution in [2.45, 2.75) is 33.2 Å². The zero-order valence-electron chi connectivity index (χ0n) is 11.9. The Morgan fingerprint density at radius 2 is 1.90 bits per heavy atom. The molecule has 4 nitrogen and oxygen atoms in total. The molecule has 0 saturated carbocycles. The van der Waals surface area contributed by atoms with E-state index in [-0.39, 0.29) is 5.82 Å². The van der Waals surface area contributed by atoms with Crippen LogP contribution in [-0.4, -0.2) is 16.0 Å². The fraction of sp³-hybridized carbons (Fsp3) is 0.333. The van der Waals surface area contributed by atoms with Crippen molar-refractivity contribution < 1.29 is 4.39 Å². The summed E-state index contributed by atoms with van der Waals surface area (Å²) in [5.74, 6) is 1.03. The number of hydrogen-bond donors (Lipinski definition) is 2. The molecule has 2 rings (SSSR count). The SMILES string of the molecule is CCC(C)Nc1nc(C)cc(Nc2ccc(F)cc2)n1. The smallest absolute Gasteiger partial charge is 0.225 e. The van der Waals surface area contributed by atoms with Gasteiger partial charge in [-0.1, -0.05) is 6.92 Å². The standard InChI is InChI=1S/C15H19FN4/c1-4-10(2)17-15-18-11(3)9-14(20-15)19-13-7-5-12(16)6-8-13/h5-10H,4H2,1-3H3,(H2,17,18,19,20). The number of anilines is 3. The third kappa shape index (κ3) is 3.91. The number of nitrogens with zero attached hydrogens (tertiary/aromatic N) is 2. The molecule has 1 unspecified atom stereocenters. The van der Waals surface area contributed by atoms with Gasteiger partial charge in [-0.05, 0) is 44.5 Å². The minimum absolute atomic E-state index is 0.256. The van der Waals surface area contributed by atoms with E-state index in [1.54, 1.807) is 12.1 Å². The van der Waals surface area contributed by atoms with Crippen molar-refractivity contribution in [2.75, 3.05) is 10.6 Å². The molecule has 5 heteroatoms. The van der Waals surface area contributed by atoms with Gasteiger partial charge in [0, 0.05) is 23.5 Å². The van der Waals surface area contributed by atoms with E-state index >= 15 is 0 Å². The van der Waals surface area contributed by atoms with Gasteiger partial charge < -0.3 is 10.6 Å². The van der Waals surface area contributed by atoms with Crippen molar-refractivity contribution in [3.05, 3.63) is 41.8 Å². The molecule has 0 aliphatic carbocycles. The first-order valence-corrected chi connectivity index (χ1v) is 6.71. The summed E-state index contributed by atoms with van der Waals surface area (Å²) < 4.78 is 12.9. The molecule has 0 bridgehead atoms. The summed E-state index contributed by atoms with van der Waals surface area (Å²) in [5.41, 5.74) is 1.66. The second-order valence-corrected chi connectivity index (χ2v) is 4.80. The highest BCUT2D eigenvalue weighted by Gasteiger charge is 2.05. The summed E-state index contributed by atoms with van der Waals surface area (Å²) in [6, 6.07) is 8.34. The number of nitrogens with one attached hydrogen (secondary N) is 2. The Hall–Kier alpha value is -2.17. The Labute approximate surface area is 118 Å². The molecule has 0 radical (unpaired) electrons. The van der Waals surface area contributed by atoms with Crippen LogP contribution in [0.2, 0.25) is 0 Å². The molecule has 2 aromatic rings. The van der Waals surface area contributed by atoms with Crippen molar-refractivity contribution in [3.63, 3.8) is 0 Å². The van der Waals surface area contributed by atoms with Crippen LogP contribution in [0.25, 0.3) is 0 Å². The van der Waals surface area contributed by atoms with Crippen LogP contribution in [-0.2, 0) is 0 Å². The molecule has 1 aromatic heterocycles. The van der Waals surface area contributed by atoms with Gasteiger partial charge in [-0.15, -0.1) is 0 Å². The highest BCUT2D eigenvalue weighted by Crippen LogP contribution is 2.17. The third-order valence-corrected chi connectivity index (χ3v) is 2.96. The van der Waals surface area contributed by atoms with Crippen LogP contribution < -0.4 is 10.6 Å². The minimum atomic E-state index is -0.256. The Bertz CT molecular complexity index is 569. The number of benzene rings is 1. The number of hydrogen-bond acceptors (Lipinski definition) is 4. The van der Waals surface area contributed by atoms with Crippen LogP contribution in [0.4, 0.5) is 21.8 Å². The molecule has 1 heterocycles. The molecule has 1 aromatic carbocycles. The number of aryl methyl sites for hydroxylation is 1. The normalized spacial score (nSPS) is 12.0. The van der Waals surface area contributed by atoms with Crippen molar-refractivity contribution in [3.8, 4) is 0 Å². The number of rotatable bonds is 5. The van der Waals surface area contributed by atoms with Gasteiger partial charge in [0.1, 0.15) is 11.6 Å². The van der Waals surface area contributed by atoms with Gasteiger partial charge in [0.15, 0.2) is 0 Å². The lowest BCUT2D eigenvalue weighted by Crippen LogP contribution is -2.16. The maximum absolute atomic E-state index is 12.9. The Morgan fingerprint density at radius 3 is 2.55 bits per heavy atom.